The highest BCUT2D eigenvalue weighted by Gasteiger charge is 2.24. The van der Waals surface area contributed by atoms with Crippen LogP contribution in [0.2, 0.25) is 0 Å². The Labute approximate surface area is 140 Å². The van der Waals surface area contributed by atoms with Gasteiger partial charge in [-0.2, -0.15) is 0 Å². The highest BCUT2D eigenvalue weighted by Crippen LogP contribution is 2.26. The van der Waals surface area contributed by atoms with E-state index in [0.29, 0.717) is 35.7 Å². The number of para-hydroxylation sites is 1. The van der Waals surface area contributed by atoms with Crippen LogP contribution >= 0.6 is 0 Å². The van der Waals surface area contributed by atoms with Gasteiger partial charge in [-0.1, -0.05) is 24.6 Å². The van der Waals surface area contributed by atoms with Crippen molar-refractivity contribution < 1.29 is 19.1 Å². The fraction of sp³-hybridized carbons (Fsp3) is 0.421. The quantitative estimate of drug-likeness (QED) is 0.805. The van der Waals surface area contributed by atoms with Crippen molar-refractivity contribution in [2.45, 2.75) is 38.5 Å². The van der Waals surface area contributed by atoms with Gasteiger partial charge in [0.1, 0.15) is 5.78 Å². The monoisotopic (exact) mass is 327 g/mol. The highest BCUT2D eigenvalue weighted by molar-refractivity contribution is 6.07. The molecule has 1 aliphatic rings. The third-order valence-corrected chi connectivity index (χ3v) is 4.77. The lowest BCUT2D eigenvalue weighted by Gasteiger charge is -2.19. The maximum Gasteiger partial charge on any atom is 0.340 e. The molecule has 0 aliphatic heterocycles. The molecule has 1 unspecified atom stereocenters. The SMILES string of the molecule is COC(=O)c1cn(C(=O)CCC2CCCCC2=O)c2ccccc12. The summed E-state index contributed by atoms with van der Waals surface area (Å²) in [6.07, 6.45) is 5.97. The summed E-state index contributed by atoms with van der Waals surface area (Å²) in [5.74, 6) is -0.272. The van der Waals surface area contributed by atoms with Crippen LogP contribution in [0.1, 0.15) is 53.7 Å². The van der Waals surface area contributed by atoms with Gasteiger partial charge in [0, 0.05) is 30.3 Å². The van der Waals surface area contributed by atoms with Crippen LogP contribution in [0.5, 0.6) is 0 Å². The first kappa shape index (κ1) is 16.4. The zero-order chi connectivity index (χ0) is 17.1. The molecule has 0 spiro atoms. The second kappa shape index (κ2) is 6.99. The lowest BCUT2D eigenvalue weighted by atomic mass is 9.85. The topological polar surface area (TPSA) is 65.4 Å². The first-order valence-corrected chi connectivity index (χ1v) is 8.36. The van der Waals surface area contributed by atoms with Gasteiger partial charge in [-0.3, -0.25) is 14.2 Å². The zero-order valence-electron chi connectivity index (χ0n) is 13.8. The lowest BCUT2D eigenvalue weighted by molar-refractivity contribution is -0.124. The van der Waals surface area contributed by atoms with Crippen molar-refractivity contribution in [3.63, 3.8) is 0 Å². The number of hydrogen-bond donors (Lipinski definition) is 0. The molecule has 1 heterocycles. The zero-order valence-corrected chi connectivity index (χ0v) is 13.8. The van der Waals surface area contributed by atoms with E-state index in [4.69, 9.17) is 4.74 Å². The second-order valence-corrected chi connectivity index (χ2v) is 6.26. The molecular formula is C19H21NO4. The van der Waals surface area contributed by atoms with Gasteiger partial charge in [0.15, 0.2) is 0 Å². The molecule has 1 aromatic carbocycles. The van der Waals surface area contributed by atoms with E-state index in [0.717, 1.165) is 19.3 Å². The molecule has 0 amide bonds. The Balaban J connectivity index is 1.82. The van der Waals surface area contributed by atoms with Gasteiger partial charge in [-0.05, 0) is 25.3 Å². The Morgan fingerprint density at radius 2 is 2.04 bits per heavy atom. The summed E-state index contributed by atoms with van der Waals surface area (Å²) in [5.41, 5.74) is 1.08. The van der Waals surface area contributed by atoms with Crippen molar-refractivity contribution in [1.29, 1.82) is 0 Å². The number of esters is 1. The molecule has 0 bridgehead atoms. The van der Waals surface area contributed by atoms with Crippen LogP contribution in [0, 0.1) is 5.92 Å². The van der Waals surface area contributed by atoms with E-state index in [1.807, 2.05) is 18.2 Å². The molecule has 24 heavy (non-hydrogen) atoms. The maximum atomic E-state index is 12.6. The van der Waals surface area contributed by atoms with Crippen LogP contribution in [0.25, 0.3) is 10.9 Å². The Bertz CT molecular complexity index is 790. The average Bonchev–Trinajstić information content (AvgIpc) is 3.00. The predicted molar refractivity (Wildman–Crippen MR) is 90.1 cm³/mol. The van der Waals surface area contributed by atoms with E-state index in [1.54, 1.807) is 12.3 Å². The molecule has 5 nitrogen and oxygen atoms in total. The minimum atomic E-state index is -0.458. The van der Waals surface area contributed by atoms with Crippen LogP contribution in [0.4, 0.5) is 0 Å². The van der Waals surface area contributed by atoms with E-state index >= 15 is 0 Å². The first-order valence-electron chi connectivity index (χ1n) is 8.36. The van der Waals surface area contributed by atoms with Crippen LogP contribution in [0.3, 0.4) is 0 Å². The summed E-state index contributed by atoms with van der Waals surface area (Å²) in [6.45, 7) is 0. The average molecular weight is 327 g/mol. The molecule has 1 aromatic heterocycles. The number of methoxy groups -OCH3 is 1. The largest absolute Gasteiger partial charge is 0.465 e. The van der Waals surface area contributed by atoms with Gasteiger partial charge in [-0.15, -0.1) is 0 Å². The molecule has 1 atom stereocenters. The number of benzene rings is 1. The highest BCUT2D eigenvalue weighted by atomic mass is 16.5. The van der Waals surface area contributed by atoms with Crippen molar-refractivity contribution in [3.05, 3.63) is 36.0 Å². The molecule has 126 valence electrons. The summed E-state index contributed by atoms with van der Waals surface area (Å²) >= 11 is 0. The van der Waals surface area contributed by atoms with E-state index < -0.39 is 5.97 Å². The molecule has 1 fully saturated rings. The summed E-state index contributed by atoms with van der Waals surface area (Å²) in [7, 11) is 1.32. The van der Waals surface area contributed by atoms with Crippen LogP contribution in [-0.2, 0) is 9.53 Å². The van der Waals surface area contributed by atoms with Gasteiger partial charge < -0.3 is 4.74 Å². The van der Waals surface area contributed by atoms with E-state index in [1.165, 1.54) is 11.7 Å². The Morgan fingerprint density at radius 3 is 2.79 bits per heavy atom. The molecule has 0 radical (unpaired) electrons. The van der Waals surface area contributed by atoms with Gasteiger partial charge in [0.25, 0.3) is 0 Å². The Hall–Kier alpha value is -2.43. The minimum Gasteiger partial charge on any atom is -0.465 e. The number of Topliss-reactive ketones (excluding diaryl/α,β-unsaturated/α-hetero) is 1. The Morgan fingerprint density at radius 1 is 1.25 bits per heavy atom. The molecule has 2 aromatic rings. The van der Waals surface area contributed by atoms with E-state index in [9.17, 15) is 14.4 Å². The molecular weight excluding hydrogens is 306 g/mol. The standard InChI is InChI=1S/C19H21NO4/c1-24-19(23)15-12-20(16-8-4-3-7-14(15)16)18(22)11-10-13-6-2-5-9-17(13)21/h3-4,7-8,12-13H,2,5-6,9-11H2,1H3. The smallest absolute Gasteiger partial charge is 0.340 e. The van der Waals surface area contributed by atoms with Crippen molar-refractivity contribution in [1.82, 2.24) is 4.57 Å². The van der Waals surface area contributed by atoms with Crippen molar-refractivity contribution in [2.75, 3.05) is 7.11 Å². The normalized spacial score (nSPS) is 17.9. The molecule has 0 N–H and O–H groups in total. The molecule has 1 saturated carbocycles. The first-order chi connectivity index (χ1) is 11.6. The number of carbonyl (C=O) groups excluding carboxylic acids is 3. The van der Waals surface area contributed by atoms with E-state index in [-0.39, 0.29) is 17.6 Å². The van der Waals surface area contributed by atoms with Gasteiger partial charge >= 0.3 is 5.97 Å². The maximum absolute atomic E-state index is 12.6. The van der Waals surface area contributed by atoms with Crippen molar-refractivity contribution in [2.24, 2.45) is 5.92 Å². The second-order valence-electron chi connectivity index (χ2n) is 6.26. The third-order valence-electron chi connectivity index (χ3n) is 4.77. The van der Waals surface area contributed by atoms with Crippen molar-refractivity contribution in [3.8, 4) is 0 Å². The molecule has 1 aliphatic carbocycles. The van der Waals surface area contributed by atoms with E-state index in [2.05, 4.69) is 0 Å². The lowest BCUT2D eigenvalue weighted by Crippen LogP contribution is -2.21. The van der Waals surface area contributed by atoms with Gasteiger partial charge in [0.05, 0.1) is 18.2 Å². The number of ether oxygens (including phenoxy) is 1. The summed E-state index contributed by atoms with van der Waals surface area (Å²) < 4.78 is 6.31. The van der Waals surface area contributed by atoms with Crippen LogP contribution in [0.15, 0.2) is 30.5 Å². The number of hydrogen-bond acceptors (Lipinski definition) is 4. The number of carbonyl (C=O) groups is 3. The van der Waals surface area contributed by atoms with Gasteiger partial charge in [-0.25, -0.2) is 4.79 Å². The third kappa shape index (κ3) is 3.11. The molecule has 5 heteroatoms. The fourth-order valence-corrected chi connectivity index (χ4v) is 3.44. The van der Waals surface area contributed by atoms with Gasteiger partial charge in [0.2, 0.25) is 5.91 Å². The van der Waals surface area contributed by atoms with Crippen LogP contribution < -0.4 is 0 Å². The summed E-state index contributed by atoms with van der Waals surface area (Å²) in [4.78, 5) is 36.5. The summed E-state index contributed by atoms with van der Waals surface area (Å²) in [5, 5.41) is 0.700. The molecule has 3 rings (SSSR count). The predicted octanol–water partition coefficient (Wildman–Crippen LogP) is 3.61. The Kier molecular flexibility index (Phi) is 4.79. The van der Waals surface area contributed by atoms with Crippen molar-refractivity contribution >= 4 is 28.6 Å². The molecule has 0 saturated heterocycles. The van der Waals surface area contributed by atoms with Crippen LogP contribution in [-0.4, -0.2) is 29.3 Å². The number of fused-ring (bicyclic) bond motifs is 1. The number of rotatable bonds is 4. The minimum absolute atomic E-state index is 0.00426. The fourth-order valence-electron chi connectivity index (χ4n) is 3.44. The number of ketones is 1. The summed E-state index contributed by atoms with van der Waals surface area (Å²) in [6, 6.07) is 7.27. The number of nitrogens with zero attached hydrogens (tertiary/aromatic N) is 1. The number of aromatic nitrogens is 1.